The lowest BCUT2D eigenvalue weighted by atomic mass is 10.2. The number of hydrogen-bond acceptors (Lipinski definition) is 2. The van der Waals surface area contributed by atoms with Crippen LogP contribution >= 0.6 is 0 Å². The van der Waals surface area contributed by atoms with Crippen molar-refractivity contribution in [3.63, 3.8) is 0 Å². The Morgan fingerprint density at radius 3 is 2.89 bits per heavy atom. The molecule has 0 bridgehead atoms. The Balaban J connectivity index is 1.92. The van der Waals surface area contributed by atoms with Crippen molar-refractivity contribution in [1.29, 1.82) is 0 Å². The molecule has 98 valence electrons. The van der Waals surface area contributed by atoms with Crippen molar-refractivity contribution in [2.24, 2.45) is 5.73 Å². The van der Waals surface area contributed by atoms with Gasteiger partial charge in [0.25, 0.3) is 0 Å². The fourth-order valence-electron chi connectivity index (χ4n) is 2.29. The van der Waals surface area contributed by atoms with Gasteiger partial charge in [0.05, 0.1) is 17.6 Å². The summed E-state index contributed by atoms with van der Waals surface area (Å²) in [7, 11) is 0. The van der Waals surface area contributed by atoms with Crippen LogP contribution in [0.4, 0.5) is 0 Å². The van der Waals surface area contributed by atoms with Crippen molar-refractivity contribution in [1.82, 2.24) is 15.0 Å². The van der Waals surface area contributed by atoms with Gasteiger partial charge in [0.2, 0.25) is 0 Å². The van der Waals surface area contributed by atoms with Crippen molar-refractivity contribution in [2.45, 2.75) is 19.8 Å². The number of hydrogen-bond donors (Lipinski definition) is 3. The number of H-pyrrole nitrogens is 2. The molecule has 2 aromatic heterocycles. The molecule has 4 N–H and O–H groups in total. The van der Waals surface area contributed by atoms with Gasteiger partial charge in [-0.25, -0.2) is 4.98 Å². The van der Waals surface area contributed by atoms with Crippen LogP contribution < -0.4 is 5.73 Å². The van der Waals surface area contributed by atoms with E-state index < -0.39 is 0 Å². The van der Waals surface area contributed by atoms with E-state index >= 15 is 0 Å². The second kappa shape index (κ2) is 4.90. The van der Waals surface area contributed by atoms with Gasteiger partial charge < -0.3 is 15.7 Å². The summed E-state index contributed by atoms with van der Waals surface area (Å²) in [5, 5.41) is 1.23. The van der Waals surface area contributed by atoms with E-state index in [1.54, 1.807) is 0 Å². The van der Waals surface area contributed by atoms with Crippen LogP contribution in [0.2, 0.25) is 0 Å². The van der Waals surface area contributed by atoms with Crippen LogP contribution in [0.3, 0.4) is 0 Å². The average molecular weight is 254 g/mol. The van der Waals surface area contributed by atoms with Gasteiger partial charge in [0.1, 0.15) is 5.82 Å². The van der Waals surface area contributed by atoms with E-state index in [2.05, 4.69) is 46.1 Å². The van der Waals surface area contributed by atoms with Gasteiger partial charge in [0.15, 0.2) is 0 Å². The zero-order valence-corrected chi connectivity index (χ0v) is 11.0. The van der Waals surface area contributed by atoms with Crippen LogP contribution in [0.1, 0.15) is 17.8 Å². The minimum absolute atomic E-state index is 0.696. The van der Waals surface area contributed by atoms with Crippen molar-refractivity contribution in [3.05, 3.63) is 41.9 Å². The fourth-order valence-corrected chi connectivity index (χ4v) is 2.29. The summed E-state index contributed by atoms with van der Waals surface area (Å²) < 4.78 is 0. The normalized spacial score (nSPS) is 11.3. The third-order valence-electron chi connectivity index (χ3n) is 3.31. The van der Waals surface area contributed by atoms with Crippen molar-refractivity contribution < 1.29 is 0 Å². The molecule has 0 saturated carbocycles. The summed E-state index contributed by atoms with van der Waals surface area (Å²) in [6, 6.07) is 8.56. The first-order valence-corrected chi connectivity index (χ1v) is 6.60. The molecular formula is C15H18N4. The maximum Gasteiger partial charge on any atom is 0.106 e. The predicted octanol–water partition coefficient (Wildman–Crippen LogP) is 2.76. The number of aromatic amines is 2. The highest BCUT2D eigenvalue weighted by atomic mass is 14.9. The number of nitrogens with zero attached hydrogens (tertiary/aromatic N) is 1. The third-order valence-corrected chi connectivity index (χ3v) is 3.31. The lowest BCUT2D eigenvalue weighted by Gasteiger charge is -1.94. The van der Waals surface area contributed by atoms with Crippen molar-refractivity contribution >= 4 is 10.9 Å². The maximum absolute atomic E-state index is 5.51. The topological polar surface area (TPSA) is 70.5 Å². The third kappa shape index (κ3) is 2.39. The number of aromatic nitrogens is 3. The van der Waals surface area contributed by atoms with E-state index in [1.165, 1.54) is 10.9 Å². The molecule has 0 atom stereocenters. The van der Waals surface area contributed by atoms with Gasteiger partial charge >= 0.3 is 0 Å². The Kier molecular flexibility index (Phi) is 3.09. The maximum atomic E-state index is 5.51. The number of nitrogens with one attached hydrogen (secondary N) is 2. The molecule has 4 heteroatoms. The van der Waals surface area contributed by atoms with Crippen molar-refractivity contribution in [2.75, 3.05) is 6.54 Å². The summed E-state index contributed by atoms with van der Waals surface area (Å²) in [4.78, 5) is 11.1. The molecule has 3 rings (SSSR count). The molecule has 0 aliphatic carbocycles. The summed E-state index contributed by atoms with van der Waals surface area (Å²) in [6.45, 7) is 2.80. The number of fused-ring (bicyclic) bond motifs is 1. The van der Waals surface area contributed by atoms with Gasteiger partial charge in [-0.1, -0.05) is 11.6 Å². The summed E-state index contributed by atoms with van der Waals surface area (Å²) >= 11 is 0. The average Bonchev–Trinajstić information content (AvgIpc) is 3.01. The molecule has 4 nitrogen and oxygen atoms in total. The highest BCUT2D eigenvalue weighted by Gasteiger charge is 2.06. The van der Waals surface area contributed by atoms with Crippen molar-refractivity contribution in [3.8, 4) is 11.4 Å². The molecule has 0 radical (unpaired) electrons. The monoisotopic (exact) mass is 254 g/mol. The molecular weight excluding hydrogens is 236 g/mol. The molecule has 2 heterocycles. The lowest BCUT2D eigenvalue weighted by Crippen LogP contribution is -2.01. The Morgan fingerprint density at radius 2 is 2.05 bits per heavy atom. The van der Waals surface area contributed by atoms with Crippen LogP contribution in [0.25, 0.3) is 22.3 Å². The van der Waals surface area contributed by atoms with Gasteiger partial charge in [-0.15, -0.1) is 0 Å². The van der Waals surface area contributed by atoms with Crippen LogP contribution in [0, 0.1) is 6.92 Å². The van der Waals surface area contributed by atoms with Gasteiger partial charge in [-0.05, 0) is 38.1 Å². The lowest BCUT2D eigenvalue weighted by molar-refractivity contribution is 0.794. The summed E-state index contributed by atoms with van der Waals surface area (Å²) in [6.07, 6.45) is 3.73. The smallest absolute Gasteiger partial charge is 0.106 e. The van der Waals surface area contributed by atoms with Gasteiger partial charge in [-0.2, -0.15) is 0 Å². The first-order valence-electron chi connectivity index (χ1n) is 6.60. The van der Waals surface area contributed by atoms with E-state index in [1.807, 2.05) is 6.20 Å². The Bertz CT molecular complexity index is 693. The molecule has 0 saturated heterocycles. The second-order valence-electron chi connectivity index (χ2n) is 4.91. The minimum atomic E-state index is 0.696. The van der Waals surface area contributed by atoms with Gasteiger partial charge in [0, 0.05) is 17.3 Å². The zero-order chi connectivity index (χ0) is 13.2. The summed E-state index contributed by atoms with van der Waals surface area (Å²) in [5.41, 5.74) is 10.0. The fraction of sp³-hybridized carbons (Fsp3) is 0.267. The van der Waals surface area contributed by atoms with E-state index in [-0.39, 0.29) is 0 Å². The second-order valence-corrected chi connectivity index (χ2v) is 4.91. The van der Waals surface area contributed by atoms with Crippen LogP contribution in [0.5, 0.6) is 0 Å². The number of rotatable bonds is 4. The van der Waals surface area contributed by atoms with Crippen LogP contribution in [-0.4, -0.2) is 21.5 Å². The highest BCUT2D eigenvalue weighted by molar-refractivity contribution is 5.85. The van der Waals surface area contributed by atoms with E-state index in [9.17, 15) is 0 Å². The minimum Gasteiger partial charge on any atom is -0.353 e. The molecule has 0 unspecified atom stereocenters. The number of aryl methyl sites for hydroxylation is 2. The standard InChI is InChI=1S/C15H18N4/c1-10-4-5-12-11(7-10)8-13(18-12)14-9-17-15(19-14)3-2-6-16/h4-5,7-9,18H,2-3,6,16H2,1H3,(H,17,19). The first kappa shape index (κ1) is 12.0. The Hall–Kier alpha value is -2.07. The number of imidazole rings is 1. The molecule has 19 heavy (non-hydrogen) atoms. The largest absolute Gasteiger partial charge is 0.353 e. The first-order chi connectivity index (χ1) is 9.26. The molecule has 1 aromatic carbocycles. The van der Waals surface area contributed by atoms with Crippen LogP contribution in [0.15, 0.2) is 30.5 Å². The molecule has 0 aliphatic heterocycles. The summed E-state index contributed by atoms with van der Waals surface area (Å²) in [5.74, 6) is 0.996. The Labute approximate surface area is 112 Å². The highest BCUT2D eigenvalue weighted by Crippen LogP contribution is 2.23. The molecule has 0 amide bonds. The van der Waals surface area contributed by atoms with Crippen LogP contribution in [-0.2, 0) is 6.42 Å². The number of benzene rings is 1. The SMILES string of the molecule is Cc1ccc2[nH]c(-c3cnc(CCCN)[nH]3)cc2c1. The molecule has 0 spiro atoms. The quantitative estimate of drug-likeness (QED) is 0.670. The predicted molar refractivity (Wildman–Crippen MR) is 78.0 cm³/mol. The van der Waals surface area contributed by atoms with Gasteiger partial charge in [-0.3, -0.25) is 0 Å². The Morgan fingerprint density at radius 1 is 1.16 bits per heavy atom. The van der Waals surface area contributed by atoms with E-state index in [4.69, 9.17) is 5.73 Å². The van der Waals surface area contributed by atoms with E-state index in [0.29, 0.717) is 6.54 Å². The zero-order valence-electron chi connectivity index (χ0n) is 11.0. The molecule has 0 fully saturated rings. The molecule has 0 aliphatic rings. The van der Waals surface area contributed by atoms with E-state index in [0.717, 1.165) is 35.6 Å². The number of nitrogens with two attached hydrogens (primary N) is 1. The molecule has 3 aromatic rings.